The van der Waals surface area contributed by atoms with Crippen LogP contribution in [-0.4, -0.2) is 12.9 Å². The summed E-state index contributed by atoms with van der Waals surface area (Å²) >= 11 is 3.39. The number of ether oxygens (including phenoxy) is 1. The number of methoxy groups -OCH3 is 1. The number of rotatable bonds is 5. The Morgan fingerprint density at radius 1 is 1.44 bits per heavy atom. The molecule has 0 saturated heterocycles. The van der Waals surface area contributed by atoms with Crippen molar-refractivity contribution in [3.63, 3.8) is 0 Å². The maximum Gasteiger partial charge on any atom is 0.164 e. The predicted molar refractivity (Wildman–Crippen MR) is 69.1 cm³/mol. The van der Waals surface area contributed by atoms with Gasteiger partial charge in [-0.05, 0) is 30.5 Å². The number of hydrogen-bond acceptors (Lipinski definition) is 2. The van der Waals surface area contributed by atoms with E-state index in [1.54, 1.807) is 13.2 Å². The number of Topliss-reactive ketones (excluding diaryl/α,β-unsaturated/α-hetero) is 1. The SMILES string of the molecule is COc1ccc(Br)c(C(=O)CCC(C)C)c1. The molecular weight excluding hydrogens is 268 g/mol. The average Bonchev–Trinajstić information content (AvgIpc) is 2.26. The third-order valence-electron chi connectivity index (χ3n) is 2.42. The molecule has 0 atom stereocenters. The summed E-state index contributed by atoms with van der Waals surface area (Å²) in [6.07, 6.45) is 1.51. The standard InChI is InChI=1S/C13H17BrO2/c1-9(2)4-7-13(15)11-8-10(16-3)5-6-12(11)14/h5-6,8-9H,4,7H2,1-3H3. The number of halogens is 1. The fourth-order valence-electron chi connectivity index (χ4n) is 1.40. The highest BCUT2D eigenvalue weighted by atomic mass is 79.9. The zero-order valence-corrected chi connectivity index (χ0v) is 11.5. The van der Waals surface area contributed by atoms with Gasteiger partial charge in [0, 0.05) is 16.5 Å². The van der Waals surface area contributed by atoms with Crippen LogP contribution in [0.5, 0.6) is 5.75 Å². The van der Waals surface area contributed by atoms with Gasteiger partial charge in [0.15, 0.2) is 5.78 Å². The van der Waals surface area contributed by atoms with Crippen LogP contribution in [0.2, 0.25) is 0 Å². The van der Waals surface area contributed by atoms with Gasteiger partial charge in [-0.2, -0.15) is 0 Å². The van der Waals surface area contributed by atoms with E-state index in [4.69, 9.17) is 4.74 Å². The molecule has 0 unspecified atom stereocenters. The summed E-state index contributed by atoms with van der Waals surface area (Å²) in [6, 6.07) is 5.47. The van der Waals surface area contributed by atoms with Gasteiger partial charge < -0.3 is 4.74 Å². The van der Waals surface area contributed by atoms with Gasteiger partial charge in [-0.15, -0.1) is 0 Å². The van der Waals surface area contributed by atoms with E-state index in [9.17, 15) is 4.79 Å². The minimum Gasteiger partial charge on any atom is -0.497 e. The van der Waals surface area contributed by atoms with Crippen molar-refractivity contribution in [2.45, 2.75) is 26.7 Å². The molecule has 2 nitrogen and oxygen atoms in total. The van der Waals surface area contributed by atoms with Crippen LogP contribution in [0.1, 0.15) is 37.0 Å². The van der Waals surface area contributed by atoms with Gasteiger partial charge >= 0.3 is 0 Å². The summed E-state index contributed by atoms with van der Waals surface area (Å²) in [6.45, 7) is 4.24. The molecular formula is C13H17BrO2. The normalized spacial score (nSPS) is 10.6. The molecule has 0 heterocycles. The largest absolute Gasteiger partial charge is 0.497 e. The van der Waals surface area contributed by atoms with E-state index in [2.05, 4.69) is 29.8 Å². The summed E-state index contributed by atoms with van der Waals surface area (Å²) in [5, 5.41) is 0. The maximum absolute atomic E-state index is 12.0. The van der Waals surface area contributed by atoms with Crippen molar-refractivity contribution in [1.29, 1.82) is 0 Å². The molecule has 0 radical (unpaired) electrons. The highest BCUT2D eigenvalue weighted by Gasteiger charge is 2.11. The zero-order valence-electron chi connectivity index (χ0n) is 9.92. The molecule has 0 bridgehead atoms. The summed E-state index contributed by atoms with van der Waals surface area (Å²) in [5.74, 6) is 1.43. The molecule has 88 valence electrons. The second kappa shape index (κ2) is 6.04. The molecule has 1 aromatic carbocycles. The second-order valence-corrected chi connectivity index (χ2v) is 5.06. The smallest absolute Gasteiger partial charge is 0.164 e. The van der Waals surface area contributed by atoms with Crippen molar-refractivity contribution in [3.8, 4) is 5.75 Å². The lowest BCUT2D eigenvalue weighted by atomic mass is 10.0. The van der Waals surface area contributed by atoms with Crippen molar-refractivity contribution in [2.75, 3.05) is 7.11 Å². The van der Waals surface area contributed by atoms with Crippen molar-refractivity contribution < 1.29 is 9.53 Å². The lowest BCUT2D eigenvalue weighted by Crippen LogP contribution is -2.02. The van der Waals surface area contributed by atoms with Crippen LogP contribution in [0.15, 0.2) is 22.7 Å². The van der Waals surface area contributed by atoms with Crippen LogP contribution in [-0.2, 0) is 0 Å². The fourth-order valence-corrected chi connectivity index (χ4v) is 1.87. The summed E-state index contributed by atoms with van der Waals surface area (Å²) < 4.78 is 5.95. The Balaban J connectivity index is 2.81. The predicted octanol–water partition coefficient (Wildman–Crippen LogP) is 4.08. The fraction of sp³-hybridized carbons (Fsp3) is 0.462. The Morgan fingerprint density at radius 2 is 2.12 bits per heavy atom. The lowest BCUT2D eigenvalue weighted by Gasteiger charge is -2.07. The van der Waals surface area contributed by atoms with Crippen molar-refractivity contribution >= 4 is 21.7 Å². The Hall–Kier alpha value is -0.830. The molecule has 1 aromatic rings. The second-order valence-electron chi connectivity index (χ2n) is 4.20. The van der Waals surface area contributed by atoms with Crippen LogP contribution in [0.25, 0.3) is 0 Å². The van der Waals surface area contributed by atoms with Crippen LogP contribution >= 0.6 is 15.9 Å². The number of carbonyl (C=O) groups excluding carboxylic acids is 1. The Kier molecular flexibility index (Phi) is 5.00. The van der Waals surface area contributed by atoms with E-state index < -0.39 is 0 Å². The van der Waals surface area contributed by atoms with E-state index in [1.165, 1.54) is 0 Å². The minimum atomic E-state index is 0.166. The molecule has 0 aliphatic rings. The molecule has 0 aliphatic carbocycles. The Labute approximate surface area is 105 Å². The molecule has 0 spiro atoms. The van der Waals surface area contributed by atoms with Gasteiger partial charge in [0.1, 0.15) is 5.75 Å². The highest BCUT2D eigenvalue weighted by molar-refractivity contribution is 9.10. The molecule has 0 saturated carbocycles. The molecule has 0 amide bonds. The van der Waals surface area contributed by atoms with E-state index in [0.29, 0.717) is 17.9 Å². The topological polar surface area (TPSA) is 26.3 Å². The highest BCUT2D eigenvalue weighted by Crippen LogP contribution is 2.24. The Bertz CT molecular complexity index is 372. The van der Waals surface area contributed by atoms with Gasteiger partial charge in [0.05, 0.1) is 7.11 Å². The monoisotopic (exact) mass is 284 g/mol. The van der Waals surface area contributed by atoms with Crippen molar-refractivity contribution in [1.82, 2.24) is 0 Å². The van der Waals surface area contributed by atoms with E-state index in [0.717, 1.165) is 16.6 Å². The first-order valence-electron chi connectivity index (χ1n) is 5.41. The molecule has 16 heavy (non-hydrogen) atoms. The molecule has 0 N–H and O–H groups in total. The van der Waals surface area contributed by atoms with Gasteiger partial charge in [-0.25, -0.2) is 0 Å². The van der Waals surface area contributed by atoms with Crippen molar-refractivity contribution in [2.24, 2.45) is 5.92 Å². The van der Waals surface area contributed by atoms with E-state index >= 15 is 0 Å². The van der Waals surface area contributed by atoms with Crippen LogP contribution in [0.3, 0.4) is 0 Å². The van der Waals surface area contributed by atoms with Crippen LogP contribution < -0.4 is 4.74 Å². The van der Waals surface area contributed by atoms with Gasteiger partial charge in [0.25, 0.3) is 0 Å². The maximum atomic E-state index is 12.0. The molecule has 1 rings (SSSR count). The molecule has 0 aliphatic heterocycles. The lowest BCUT2D eigenvalue weighted by molar-refractivity contribution is 0.0974. The molecule has 3 heteroatoms. The van der Waals surface area contributed by atoms with Crippen molar-refractivity contribution in [3.05, 3.63) is 28.2 Å². The number of hydrogen-bond donors (Lipinski definition) is 0. The van der Waals surface area contributed by atoms with Crippen LogP contribution in [0.4, 0.5) is 0 Å². The van der Waals surface area contributed by atoms with Gasteiger partial charge in [-0.1, -0.05) is 29.8 Å². The number of benzene rings is 1. The molecule has 0 fully saturated rings. The van der Waals surface area contributed by atoms with Gasteiger partial charge in [-0.3, -0.25) is 4.79 Å². The minimum absolute atomic E-state index is 0.166. The number of ketones is 1. The average molecular weight is 285 g/mol. The first-order chi connectivity index (χ1) is 7.54. The van der Waals surface area contributed by atoms with Crippen LogP contribution in [0, 0.1) is 5.92 Å². The van der Waals surface area contributed by atoms with E-state index in [-0.39, 0.29) is 5.78 Å². The van der Waals surface area contributed by atoms with E-state index in [1.807, 2.05) is 12.1 Å². The quantitative estimate of drug-likeness (QED) is 0.762. The Morgan fingerprint density at radius 3 is 2.69 bits per heavy atom. The third-order valence-corrected chi connectivity index (χ3v) is 3.11. The first-order valence-corrected chi connectivity index (χ1v) is 6.20. The van der Waals surface area contributed by atoms with Gasteiger partial charge in [0.2, 0.25) is 0 Å². The first kappa shape index (κ1) is 13.2. The summed E-state index contributed by atoms with van der Waals surface area (Å²) in [7, 11) is 1.60. The molecule has 0 aromatic heterocycles. The summed E-state index contributed by atoms with van der Waals surface area (Å²) in [4.78, 5) is 12.0. The summed E-state index contributed by atoms with van der Waals surface area (Å²) in [5.41, 5.74) is 0.708. The third kappa shape index (κ3) is 3.63. The number of carbonyl (C=O) groups is 1. The zero-order chi connectivity index (χ0) is 12.1.